The van der Waals surface area contributed by atoms with Gasteiger partial charge in [0.2, 0.25) is 11.8 Å². The quantitative estimate of drug-likeness (QED) is 0.731. The number of para-hydroxylation sites is 1. The molecule has 1 N–H and O–H groups in total. The van der Waals surface area contributed by atoms with E-state index in [9.17, 15) is 9.59 Å². The average molecular weight is 430 g/mol. The van der Waals surface area contributed by atoms with E-state index >= 15 is 0 Å². The number of ether oxygens (including phenoxy) is 1. The van der Waals surface area contributed by atoms with E-state index < -0.39 is 0 Å². The molecule has 6 nitrogen and oxygen atoms in total. The minimum Gasteiger partial charge on any atom is -0.493 e. The van der Waals surface area contributed by atoms with Crippen LogP contribution in [0.15, 0.2) is 42.5 Å². The van der Waals surface area contributed by atoms with E-state index in [4.69, 9.17) is 16.3 Å². The predicted molar refractivity (Wildman–Crippen MR) is 119 cm³/mol. The molecular formula is C23H28ClN3O3. The number of piperazine rings is 1. The van der Waals surface area contributed by atoms with Crippen molar-refractivity contribution in [2.24, 2.45) is 0 Å². The van der Waals surface area contributed by atoms with Crippen LogP contribution in [0.5, 0.6) is 5.75 Å². The number of hydrogen-bond acceptors (Lipinski definition) is 4. The van der Waals surface area contributed by atoms with Crippen LogP contribution >= 0.6 is 11.6 Å². The molecule has 1 aliphatic rings. The minimum absolute atomic E-state index is 0.0829. The monoisotopic (exact) mass is 429 g/mol. The van der Waals surface area contributed by atoms with Gasteiger partial charge in [0, 0.05) is 26.2 Å². The molecule has 30 heavy (non-hydrogen) atoms. The maximum absolute atomic E-state index is 12.5. The third-order valence-corrected chi connectivity index (χ3v) is 5.35. The van der Waals surface area contributed by atoms with E-state index in [1.54, 1.807) is 12.1 Å². The molecule has 0 aliphatic carbocycles. The van der Waals surface area contributed by atoms with Crippen molar-refractivity contribution in [1.29, 1.82) is 0 Å². The fourth-order valence-electron chi connectivity index (χ4n) is 3.54. The average Bonchev–Trinajstić information content (AvgIpc) is 2.69. The smallest absolute Gasteiger partial charge is 0.238 e. The summed E-state index contributed by atoms with van der Waals surface area (Å²) < 4.78 is 5.75. The lowest BCUT2D eigenvalue weighted by Crippen LogP contribution is -2.50. The van der Waals surface area contributed by atoms with Gasteiger partial charge < -0.3 is 15.0 Å². The Labute approximate surface area is 182 Å². The number of amides is 2. The van der Waals surface area contributed by atoms with Crippen molar-refractivity contribution in [3.05, 3.63) is 58.6 Å². The van der Waals surface area contributed by atoms with Gasteiger partial charge in [0.1, 0.15) is 5.75 Å². The molecule has 2 amide bonds. The number of aryl methyl sites for hydroxylation is 2. The molecule has 2 aromatic carbocycles. The first kappa shape index (κ1) is 22.1. The summed E-state index contributed by atoms with van der Waals surface area (Å²) in [6.07, 6.45) is 0.347. The molecule has 0 saturated carbocycles. The van der Waals surface area contributed by atoms with Crippen LogP contribution in [-0.4, -0.2) is 60.9 Å². The third-order valence-electron chi connectivity index (χ3n) is 5.02. The molecule has 0 radical (unpaired) electrons. The number of halogens is 1. The van der Waals surface area contributed by atoms with Crippen LogP contribution in [0.25, 0.3) is 0 Å². The van der Waals surface area contributed by atoms with Crippen molar-refractivity contribution in [2.75, 3.05) is 44.6 Å². The first-order chi connectivity index (χ1) is 14.4. The zero-order valence-electron chi connectivity index (χ0n) is 17.5. The molecule has 3 rings (SSSR count). The fourth-order valence-corrected chi connectivity index (χ4v) is 3.72. The number of benzene rings is 2. The van der Waals surface area contributed by atoms with Crippen LogP contribution in [0.4, 0.5) is 5.69 Å². The maximum atomic E-state index is 12.5. The van der Waals surface area contributed by atoms with Gasteiger partial charge in [-0.3, -0.25) is 14.5 Å². The molecule has 1 saturated heterocycles. The molecule has 160 valence electrons. The number of hydrogen-bond donors (Lipinski definition) is 1. The highest BCUT2D eigenvalue weighted by Gasteiger charge is 2.22. The minimum atomic E-state index is -0.107. The molecule has 0 bridgehead atoms. The number of anilines is 1. The first-order valence-corrected chi connectivity index (χ1v) is 10.5. The van der Waals surface area contributed by atoms with Crippen LogP contribution in [-0.2, 0) is 9.59 Å². The van der Waals surface area contributed by atoms with Gasteiger partial charge >= 0.3 is 0 Å². The van der Waals surface area contributed by atoms with Crippen molar-refractivity contribution in [3.8, 4) is 5.75 Å². The van der Waals surface area contributed by atoms with Crippen LogP contribution in [0, 0.1) is 13.8 Å². The highest BCUT2D eigenvalue weighted by Crippen LogP contribution is 2.20. The highest BCUT2D eigenvalue weighted by molar-refractivity contribution is 6.33. The number of rotatable bonds is 7. The summed E-state index contributed by atoms with van der Waals surface area (Å²) in [5.41, 5.74) is 2.90. The van der Waals surface area contributed by atoms with Gasteiger partial charge in [0.25, 0.3) is 0 Å². The Morgan fingerprint density at radius 2 is 1.70 bits per heavy atom. The van der Waals surface area contributed by atoms with E-state index in [0.29, 0.717) is 49.9 Å². The number of nitrogens with zero attached hydrogens (tertiary/aromatic N) is 2. The zero-order chi connectivity index (χ0) is 21.5. The second kappa shape index (κ2) is 10.5. The van der Waals surface area contributed by atoms with E-state index in [0.717, 1.165) is 16.9 Å². The fraction of sp³-hybridized carbons (Fsp3) is 0.391. The Bertz CT molecular complexity index is 875. The van der Waals surface area contributed by atoms with Gasteiger partial charge in [-0.25, -0.2) is 0 Å². The van der Waals surface area contributed by atoms with E-state index in [-0.39, 0.29) is 18.4 Å². The summed E-state index contributed by atoms with van der Waals surface area (Å²) in [5, 5.41) is 3.35. The second-order valence-corrected chi connectivity index (χ2v) is 8.01. The predicted octanol–water partition coefficient (Wildman–Crippen LogP) is 3.51. The standard InChI is InChI=1S/C23H28ClN3O3/c1-17-13-18(2)15-19(14-17)30-12-7-23(29)27-10-8-26(9-11-27)16-22(28)25-21-6-4-3-5-20(21)24/h3-6,13-15H,7-12,16H2,1-2H3,(H,25,28). The van der Waals surface area contributed by atoms with Crippen LogP contribution in [0.3, 0.4) is 0 Å². The van der Waals surface area contributed by atoms with Crippen molar-refractivity contribution in [2.45, 2.75) is 20.3 Å². The molecule has 0 aromatic heterocycles. The van der Waals surface area contributed by atoms with Gasteiger partial charge in [-0.05, 0) is 49.2 Å². The van der Waals surface area contributed by atoms with E-state index in [1.807, 2.05) is 47.9 Å². The normalized spacial score (nSPS) is 14.4. The van der Waals surface area contributed by atoms with Crippen molar-refractivity contribution >= 4 is 29.1 Å². The Kier molecular flexibility index (Phi) is 7.71. The van der Waals surface area contributed by atoms with E-state index in [1.165, 1.54) is 0 Å². The molecule has 2 aromatic rings. The van der Waals surface area contributed by atoms with Crippen LogP contribution in [0.2, 0.25) is 5.02 Å². The Morgan fingerprint density at radius 1 is 1.03 bits per heavy atom. The topological polar surface area (TPSA) is 61.9 Å². The van der Waals surface area contributed by atoms with E-state index in [2.05, 4.69) is 11.4 Å². The van der Waals surface area contributed by atoms with Gasteiger partial charge in [0.05, 0.1) is 30.3 Å². The van der Waals surface area contributed by atoms with Gasteiger partial charge in [-0.15, -0.1) is 0 Å². The van der Waals surface area contributed by atoms with Gasteiger partial charge in [-0.2, -0.15) is 0 Å². The summed E-state index contributed by atoms with van der Waals surface area (Å²) in [4.78, 5) is 28.6. The van der Waals surface area contributed by atoms with Crippen LogP contribution in [0.1, 0.15) is 17.5 Å². The largest absolute Gasteiger partial charge is 0.493 e. The second-order valence-electron chi connectivity index (χ2n) is 7.61. The molecule has 1 fully saturated rings. The lowest BCUT2D eigenvalue weighted by molar-refractivity contribution is -0.133. The SMILES string of the molecule is Cc1cc(C)cc(OCCC(=O)N2CCN(CC(=O)Nc3ccccc3Cl)CC2)c1. The Balaban J connectivity index is 1.37. The number of nitrogens with one attached hydrogen (secondary N) is 1. The van der Waals surface area contributed by atoms with Crippen molar-refractivity contribution in [1.82, 2.24) is 9.80 Å². The molecular weight excluding hydrogens is 402 g/mol. The Hall–Kier alpha value is -2.57. The highest BCUT2D eigenvalue weighted by atomic mass is 35.5. The lowest BCUT2D eigenvalue weighted by Gasteiger charge is -2.34. The summed E-state index contributed by atoms with van der Waals surface area (Å²) in [7, 11) is 0. The zero-order valence-corrected chi connectivity index (χ0v) is 18.2. The molecule has 0 atom stereocenters. The maximum Gasteiger partial charge on any atom is 0.238 e. The molecule has 1 aliphatic heterocycles. The first-order valence-electron chi connectivity index (χ1n) is 10.2. The summed E-state index contributed by atoms with van der Waals surface area (Å²) in [5.74, 6) is 0.777. The van der Waals surface area contributed by atoms with Crippen LogP contribution < -0.4 is 10.1 Å². The summed E-state index contributed by atoms with van der Waals surface area (Å²) >= 11 is 6.08. The number of carbonyl (C=O) groups excluding carboxylic acids is 2. The summed E-state index contributed by atoms with van der Waals surface area (Å²) in [6.45, 7) is 7.26. The lowest BCUT2D eigenvalue weighted by atomic mass is 10.1. The Morgan fingerprint density at radius 3 is 2.37 bits per heavy atom. The van der Waals surface area contributed by atoms with Crippen molar-refractivity contribution in [3.63, 3.8) is 0 Å². The van der Waals surface area contributed by atoms with Crippen molar-refractivity contribution < 1.29 is 14.3 Å². The molecule has 0 unspecified atom stereocenters. The number of carbonyl (C=O) groups is 2. The van der Waals surface area contributed by atoms with Gasteiger partial charge in [0.15, 0.2) is 0 Å². The summed E-state index contributed by atoms with van der Waals surface area (Å²) in [6, 6.07) is 13.2. The molecule has 7 heteroatoms. The van der Waals surface area contributed by atoms with Gasteiger partial charge in [-0.1, -0.05) is 29.8 Å². The molecule has 0 spiro atoms. The third kappa shape index (κ3) is 6.47. The molecule has 1 heterocycles.